The maximum Gasteiger partial charge on any atom is 0.355 e. The Balaban J connectivity index is 1.67. The molecule has 1 amide bonds. The first-order valence-electron chi connectivity index (χ1n) is 6.44. The van der Waals surface area contributed by atoms with Crippen molar-refractivity contribution < 1.29 is 19.4 Å². The molecule has 0 aliphatic carbocycles. The maximum atomic E-state index is 11.7. The van der Waals surface area contributed by atoms with E-state index in [1.165, 1.54) is 5.38 Å². The van der Waals surface area contributed by atoms with Crippen LogP contribution in [0.3, 0.4) is 0 Å². The zero-order valence-corrected chi connectivity index (χ0v) is 11.8. The van der Waals surface area contributed by atoms with Crippen LogP contribution in [0.25, 0.3) is 0 Å². The van der Waals surface area contributed by atoms with Crippen LogP contribution < -0.4 is 5.32 Å². The first-order chi connectivity index (χ1) is 9.66. The largest absolute Gasteiger partial charge is 0.476 e. The first-order valence-corrected chi connectivity index (χ1v) is 7.32. The summed E-state index contributed by atoms with van der Waals surface area (Å²) in [5.74, 6) is -1.43. The minimum Gasteiger partial charge on any atom is -0.476 e. The number of thiazole rings is 1. The number of nitrogens with zero attached hydrogens (tertiary/aromatic N) is 2. The van der Waals surface area contributed by atoms with Crippen LogP contribution >= 0.6 is 11.3 Å². The van der Waals surface area contributed by atoms with Crippen LogP contribution in [0.4, 0.5) is 0 Å². The average molecular weight is 299 g/mol. The number of nitrogens with one attached hydrogen (secondary N) is 1. The molecule has 0 unspecified atom stereocenters. The summed E-state index contributed by atoms with van der Waals surface area (Å²) in [4.78, 5) is 28.5. The van der Waals surface area contributed by atoms with E-state index in [2.05, 4.69) is 15.2 Å². The van der Waals surface area contributed by atoms with Gasteiger partial charge in [0.25, 0.3) is 5.91 Å². The van der Waals surface area contributed by atoms with Gasteiger partial charge in [-0.25, -0.2) is 9.78 Å². The topological polar surface area (TPSA) is 91.8 Å². The van der Waals surface area contributed by atoms with E-state index in [0.717, 1.165) is 50.6 Å². The molecule has 1 aliphatic heterocycles. The van der Waals surface area contributed by atoms with Crippen molar-refractivity contribution in [3.63, 3.8) is 0 Å². The summed E-state index contributed by atoms with van der Waals surface area (Å²) in [6.45, 7) is 4.87. The van der Waals surface area contributed by atoms with E-state index in [1.54, 1.807) is 0 Å². The minimum atomic E-state index is -1.12. The number of aromatic nitrogens is 1. The lowest BCUT2D eigenvalue weighted by molar-refractivity contribution is 0.0374. The molecule has 1 aromatic rings. The van der Waals surface area contributed by atoms with Gasteiger partial charge in [0.15, 0.2) is 10.7 Å². The quantitative estimate of drug-likeness (QED) is 0.734. The standard InChI is InChI=1S/C12H17N3O4S/c16-10(11-14-9(8-20-11)12(17)18)13-2-1-3-15-4-6-19-7-5-15/h8H,1-7H2,(H,13,16)(H,17,18). The van der Waals surface area contributed by atoms with Crippen LogP contribution in [0.15, 0.2) is 5.38 Å². The highest BCUT2D eigenvalue weighted by atomic mass is 32.1. The number of hydrogen-bond acceptors (Lipinski definition) is 6. The predicted octanol–water partition coefficient (Wildman–Crippen LogP) is 0.293. The lowest BCUT2D eigenvalue weighted by Gasteiger charge is -2.26. The van der Waals surface area contributed by atoms with Gasteiger partial charge in [0, 0.05) is 25.0 Å². The summed E-state index contributed by atoms with van der Waals surface area (Å²) in [6.07, 6.45) is 0.850. The molecule has 0 radical (unpaired) electrons. The molecule has 2 rings (SSSR count). The summed E-state index contributed by atoms with van der Waals surface area (Å²) in [7, 11) is 0. The number of hydrogen-bond donors (Lipinski definition) is 2. The Hall–Kier alpha value is -1.51. The molecule has 7 nitrogen and oxygen atoms in total. The number of morpholine rings is 1. The Labute approximate surface area is 120 Å². The van der Waals surface area contributed by atoms with Gasteiger partial charge < -0.3 is 15.2 Å². The number of carboxylic acid groups (broad SMARTS) is 1. The Morgan fingerprint density at radius 1 is 1.45 bits per heavy atom. The molecule has 0 bridgehead atoms. The van der Waals surface area contributed by atoms with Crippen LogP contribution in [-0.2, 0) is 4.74 Å². The van der Waals surface area contributed by atoms with Crippen molar-refractivity contribution in [3.05, 3.63) is 16.1 Å². The molecule has 0 atom stereocenters. The first kappa shape index (κ1) is 14.9. The number of aromatic carboxylic acids is 1. The minimum absolute atomic E-state index is 0.0894. The molecule has 8 heteroatoms. The van der Waals surface area contributed by atoms with Crippen LogP contribution in [0.5, 0.6) is 0 Å². The van der Waals surface area contributed by atoms with Crippen LogP contribution in [0, 0.1) is 0 Å². The molecule has 2 heterocycles. The lowest BCUT2D eigenvalue weighted by Crippen LogP contribution is -2.38. The molecular formula is C12H17N3O4S. The molecule has 1 aromatic heterocycles. The van der Waals surface area contributed by atoms with Gasteiger partial charge in [0.1, 0.15) is 0 Å². The summed E-state index contributed by atoms with van der Waals surface area (Å²) in [5.41, 5.74) is -0.0894. The van der Waals surface area contributed by atoms with E-state index in [1.807, 2.05) is 0 Å². The van der Waals surface area contributed by atoms with Gasteiger partial charge in [0.05, 0.1) is 13.2 Å². The van der Waals surface area contributed by atoms with E-state index in [0.29, 0.717) is 6.54 Å². The third-order valence-electron chi connectivity index (χ3n) is 2.96. The highest BCUT2D eigenvalue weighted by molar-refractivity contribution is 7.11. The van der Waals surface area contributed by atoms with Gasteiger partial charge in [-0.2, -0.15) is 0 Å². The number of carbonyl (C=O) groups is 2. The number of carbonyl (C=O) groups excluding carboxylic acids is 1. The van der Waals surface area contributed by atoms with E-state index in [9.17, 15) is 9.59 Å². The number of amides is 1. The van der Waals surface area contributed by atoms with Gasteiger partial charge >= 0.3 is 5.97 Å². The second-order valence-electron chi connectivity index (χ2n) is 4.41. The van der Waals surface area contributed by atoms with Crippen LogP contribution in [-0.4, -0.2) is 66.3 Å². The zero-order valence-electron chi connectivity index (χ0n) is 11.0. The fourth-order valence-corrected chi connectivity index (χ4v) is 2.59. The Bertz CT molecular complexity index is 471. The van der Waals surface area contributed by atoms with Crippen molar-refractivity contribution in [2.75, 3.05) is 39.4 Å². The van der Waals surface area contributed by atoms with E-state index in [4.69, 9.17) is 9.84 Å². The maximum absolute atomic E-state index is 11.7. The summed E-state index contributed by atoms with van der Waals surface area (Å²) in [5, 5.41) is 13.0. The predicted molar refractivity (Wildman–Crippen MR) is 73.3 cm³/mol. The second-order valence-corrected chi connectivity index (χ2v) is 5.26. The van der Waals surface area contributed by atoms with Crippen molar-refractivity contribution in [2.24, 2.45) is 0 Å². The zero-order chi connectivity index (χ0) is 14.4. The molecule has 20 heavy (non-hydrogen) atoms. The van der Waals surface area contributed by atoms with Crippen molar-refractivity contribution in [1.29, 1.82) is 0 Å². The number of rotatable bonds is 6. The molecule has 0 spiro atoms. The fourth-order valence-electron chi connectivity index (χ4n) is 1.88. The smallest absolute Gasteiger partial charge is 0.355 e. The van der Waals surface area contributed by atoms with Gasteiger partial charge in [-0.15, -0.1) is 11.3 Å². The summed E-state index contributed by atoms with van der Waals surface area (Å²) in [6, 6.07) is 0. The third kappa shape index (κ3) is 4.26. The summed E-state index contributed by atoms with van der Waals surface area (Å²) >= 11 is 1.04. The normalized spacial score (nSPS) is 16.0. The van der Waals surface area contributed by atoms with Gasteiger partial charge in [-0.1, -0.05) is 0 Å². The van der Waals surface area contributed by atoms with Crippen LogP contribution in [0.1, 0.15) is 26.7 Å². The number of ether oxygens (including phenoxy) is 1. The Morgan fingerprint density at radius 3 is 2.85 bits per heavy atom. The average Bonchev–Trinajstić information content (AvgIpc) is 2.94. The highest BCUT2D eigenvalue weighted by Crippen LogP contribution is 2.09. The molecule has 2 N–H and O–H groups in total. The molecule has 0 saturated carbocycles. The molecule has 110 valence electrons. The fraction of sp³-hybridized carbons (Fsp3) is 0.583. The molecule has 1 aliphatic rings. The lowest BCUT2D eigenvalue weighted by atomic mass is 10.3. The van der Waals surface area contributed by atoms with E-state index < -0.39 is 5.97 Å². The third-order valence-corrected chi connectivity index (χ3v) is 3.80. The van der Waals surface area contributed by atoms with Crippen LogP contribution in [0.2, 0.25) is 0 Å². The Morgan fingerprint density at radius 2 is 2.20 bits per heavy atom. The molecule has 0 aromatic carbocycles. The van der Waals surface area contributed by atoms with Gasteiger partial charge in [-0.3, -0.25) is 9.69 Å². The molecule has 1 fully saturated rings. The van der Waals surface area contributed by atoms with E-state index >= 15 is 0 Å². The summed E-state index contributed by atoms with van der Waals surface area (Å²) < 4.78 is 5.26. The van der Waals surface area contributed by atoms with Gasteiger partial charge in [0.2, 0.25) is 0 Å². The second kappa shape index (κ2) is 7.32. The van der Waals surface area contributed by atoms with Crippen molar-refractivity contribution in [1.82, 2.24) is 15.2 Å². The SMILES string of the molecule is O=C(O)c1csc(C(=O)NCCCN2CCOCC2)n1. The Kier molecular flexibility index (Phi) is 5.45. The van der Waals surface area contributed by atoms with Gasteiger partial charge in [-0.05, 0) is 13.0 Å². The van der Waals surface area contributed by atoms with Crippen molar-refractivity contribution in [3.8, 4) is 0 Å². The van der Waals surface area contributed by atoms with E-state index in [-0.39, 0.29) is 16.6 Å². The highest BCUT2D eigenvalue weighted by Gasteiger charge is 2.14. The van der Waals surface area contributed by atoms with Crippen molar-refractivity contribution >= 4 is 23.2 Å². The van der Waals surface area contributed by atoms with Crippen molar-refractivity contribution in [2.45, 2.75) is 6.42 Å². The monoisotopic (exact) mass is 299 g/mol. The molecule has 1 saturated heterocycles. The number of carboxylic acids is 1. The molecular weight excluding hydrogens is 282 g/mol.